The highest BCUT2D eigenvalue weighted by Gasteiger charge is 2.46. The number of benzene rings is 3. The summed E-state index contributed by atoms with van der Waals surface area (Å²) in [4.78, 5) is 26.1. The number of carbonyl (C=O) groups is 2. The van der Waals surface area contributed by atoms with E-state index in [0.29, 0.717) is 5.02 Å². The van der Waals surface area contributed by atoms with Gasteiger partial charge in [0.1, 0.15) is 11.5 Å². The highest BCUT2D eigenvalue weighted by molar-refractivity contribution is 6.30. The Labute approximate surface area is 229 Å². The third kappa shape index (κ3) is 7.52. The molecule has 3 aromatic rings. The first-order valence-electron chi connectivity index (χ1n) is 12.4. The molecule has 2 saturated heterocycles. The number of hydrogen-bond donors (Lipinski definition) is 1. The maximum Gasteiger partial charge on any atom is 0.490 e. The fourth-order valence-electron chi connectivity index (χ4n) is 4.77. The van der Waals surface area contributed by atoms with Crippen LogP contribution in [-0.4, -0.2) is 59.1 Å². The largest absolute Gasteiger partial charge is 0.490 e. The molecular weight excluding hydrogens is 533 g/mol. The first kappa shape index (κ1) is 28.4. The number of hydrogen-bond acceptors (Lipinski definition) is 4. The van der Waals surface area contributed by atoms with Crippen LogP contribution in [0.5, 0.6) is 11.5 Å². The molecule has 0 radical (unpaired) electrons. The summed E-state index contributed by atoms with van der Waals surface area (Å²) in [5, 5.41) is 7.78. The molecule has 0 unspecified atom stereocenters. The summed E-state index contributed by atoms with van der Waals surface area (Å²) in [6.45, 7) is 4.68. The van der Waals surface area contributed by atoms with Gasteiger partial charge in [0.15, 0.2) is 0 Å². The molecule has 6 nitrogen and oxygen atoms in total. The van der Waals surface area contributed by atoms with E-state index in [1.807, 2.05) is 59.5 Å². The smallest absolute Gasteiger partial charge is 0.475 e. The lowest BCUT2D eigenvalue weighted by molar-refractivity contribution is -0.192. The van der Waals surface area contributed by atoms with Gasteiger partial charge in [-0.05, 0) is 68.4 Å². The molecule has 5 rings (SSSR count). The van der Waals surface area contributed by atoms with Crippen LogP contribution < -0.4 is 4.74 Å². The van der Waals surface area contributed by atoms with E-state index in [0.717, 1.165) is 62.6 Å². The van der Waals surface area contributed by atoms with E-state index in [1.165, 1.54) is 5.56 Å². The van der Waals surface area contributed by atoms with Crippen LogP contribution in [-0.2, 0) is 11.3 Å². The molecule has 3 aromatic carbocycles. The van der Waals surface area contributed by atoms with Crippen LogP contribution in [0.3, 0.4) is 0 Å². The van der Waals surface area contributed by atoms with Crippen LogP contribution in [0.4, 0.5) is 13.2 Å². The van der Waals surface area contributed by atoms with Gasteiger partial charge in [-0.3, -0.25) is 9.69 Å². The van der Waals surface area contributed by atoms with Gasteiger partial charge in [0.2, 0.25) is 0 Å². The number of aliphatic carboxylic acids is 1. The summed E-state index contributed by atoms with van der Waals surface area (Å²) < 4.78 is 37.9. The lowest BCUT2D eigenvalue weighted by Gasteiger charge is -2.54. The van der Waals surface area contributed by atoms with Crippen LogP contribution in [0, 0.1) is 5.41 Å². The topological polar surface area (TPSA) is 70.1 Å². The van der Waals surface area contributed by atoms with E-state index >= 15 is 0 Å². The lowest BCUT2D eigenvalue weighted by atomic mass is 9.71. The minimum Gasteiger partial charge on any atom is -0.475 e. The molecular formula is C29H28ClF3N2O4. The van der Waals surface area contributed by atoms with E-state index in [2.05, 4.69) is 17.0 Å². The standard InChI is InChI=1S/C27H27ClN2O2.C2HF3O2/c28-23-12-10-21(11-13-23)26(31)30-19-27(20-30)14-16-29(17-15-27)18-22-6-4-5-9-25(22)32-24-7-2-1-3-8-24;3-2(4,5)1(6)7/h1-13H,14-20H2;(H,6,7). The number of carboxylic acids is 1. The number of likely N-dealkylation sites (tertiary alicyclic amines) is 2. The molecule has 39 heavy (non-hydrogen) atoms. The molecule has 0 aromatic heterocycles. The molecule has 2 heterocycles. The molecule has 0 atom stereocenters. The number of rotatable bonds is 5. The van der Waals surface area contributed by atoms with Gasteiger partial charge < -0.3 is 14.7 Å². The van der Waals surface area contributed by atoms with Gasteiger partial charge in [0.05, 0.1) is 0 Å². The van der Waals surface area contributed by atoms with Crippen LogP contribution in [0.2, 0.25) is 5.02 Å². The summed E-state index contributed by atoms with van der Waals surface area (Å²) in [6, 6.07) is 25.4. The Morgan fingerprint density at radius 1 is 0.897 bits per heavy atom. The molecule has 0 saturated carbocycles. The number of para-hydroxylation sites is 2. The Morgan fingerprint density at radius 3 is 2.05 bits per heavy atom. The quantitative estimate of drug-likeness (QED) is 0.385. The molecule has 1 spiro atoms. The van der Waals surface area contributed by atoms with Gasteiger partial charge in [-0.1, -0.05) is 48.0 Å². The highest BCUT2D eigenvalue weighted by atomic mass is 35.5. The maximum atomic E-state index is 12.7. The maximum absolute atomic E-state index is 12.7. The second kappa shape index (κ2) is 12.1. The van der Waals surface area contributed by atoms with Crippen molar-refractivity contribution in [2.75, 3.05) is 26.2 Å². The Balaban J connectivity index is 0.000000448. The molecule has 0 aliphatic carbocycles. The second-order valence-electron chi connectivity index (χ2n) is 9.77. The van der Waals surface area contributed by atoms with Gasteiger partial charge in [-0.25, -0.2) is 4.79 Å². The zero-order chi connectivity index (χ0) is 28.0. The first-order chi connectivity index (χ1) is 18.5. The molecule has 1 N–H and O–H groups in total. The van der Waals surface area contributed by atoms with Crippen LogP contribution in [0.1, 0.15) is 28.8 Å². The summed E-state index contributed by atoms with van der Waals surface area (Å²) in [6.07, 6.45) is -2.84. The van der Waals surface area contributed by atoms with Crippen molar-refractivity contribution in [2.45, 2.75) is 25.6 Å². The number of halogens is 4. The number of carboxylic acid groups (broad SMARTS) is 1. The SMILES string of the molecule is O=C(O)C(F)(F)F.O=C(c1ccc(Cl)cc1)N1CC2(CCN(Cc3ccccc3Oc3ccccc3)CC2)C1. The van der Waals surface area contributed by atoms with Crippen LogP contribution >= 0.6 is 11.6 Å². The van der Waals surface area contributed by atoms with Crippen molar-refractivity contribution in [3.05, 3.63) is 95.0 Å². The Kier molecular flexibility index (Phi) is 8.82. The van der Waals surface area contributed by atoms with Gasteiger partial charge >= 0.3 is 12.1 Å². The van der Waals surface area contributed by atoms with Crippen molar-refractivity contribution < 1.29 is 32.6 Å². The normalized spacial score (nSPS) is 16.6. The molecule has 10 heteroatoms. The molecule has 2 aliphatic heterocycles. The monoisotopic (exact) mass is 560 g/mol. The number of alkyl halides is 3. The zero-order valence-corrected chi connectivity index (χ0v) is 21.8. The summed E-state index contributed by atoms with van der Waals surface area (Å²) in [5.74, 6) is -0.867. The molecule has 0 bridgehead atoms. The zero-order valence-electron chi connectivity index (χ0n) is 21.0. The summed E-state index contributed by atoms with van der Waals surface area (Å²) in [5.41, 5.74) is 2.20. The minimum atomic E-state index is -5.08. The Morgan fingerprint density at radius 2 is 1.46 bits per heavy atom. The Hall–Kier alpha value is -3.56. The van der Waals surface area contributed by atoms with Crippen molar-refractivity contribution in [2.24, 2.45) is 5.41 Å². The molecule has 1 amide bonds. The lowest BCUT2D eigenvalue weighted by Crippen LogP contribution is -2.61. The number of nitrogens with zero attached hydrogens (tertiary/aromatic N) is 2. The first-order valence-corrected chi connectivity index (χ1v) is 12.8. The summed E-state index contributed by atoms with van der Waals surface area (Å²) >= 11 is 5.94. The van der Waals surface area contributed by atoms with Gasteiger partial charge in [0.25, 0.3) is 5.91 Å². The van der Waals surface area contributed by atoms with Crippen molar-refractivity contribution in [1.29, 1.82) is 0 Å². The molecule has 2 fully saturated rings. The van der Waals surface area contributed by atoms with Crippen molar-refractivity contribution in [3.63, 3.8) is 0 Å². The van der Waals surface area contributed by atoms with Crippen LogP contribution in [0.25, 0.3) is 0 Å². The second-order valence-corrected chi connectivity index (χ2v) is 10.2. The average Bonchev–Trinajstić information content (AvgIpc) is 2.89. The van der Waals surface area contributed by atoms with Gasteiger partial charge in [-0.2, -0.15) is 13.2 Å². The van der Waals surface area contributed by atoms with Crippen molar-refractivity contribution in [1.82, 2.24) is 9.80 Å². The number of amides is 1. The van der Waals surface area contributed by atoms with Crippen molar-refractivity contribution in [3.8, 4) is 11.5 Å². The number of ether oxygens (including phenoxy) is 1. The average molecular weight is 561 g/mol. The third-order valence-electron chi connectivity index (χ3n) is 6.93. The minimum absolute atomic E-state index is 0.113. The number of piperidine rings is 1. The van der Waals surface area contributed by atoms with E-state index in [1.54, 1.807) is 12.1 Å². The molecule has 2 aliphatic rings. The Bertz CT molecular complexity index is 1270. The van der Waals surface area contributed by atoms with Gasteiger partial charge in [0, 0.05) is 41.2 Å². The van der Waals surface area contributed by atoms with E-state index < -0.39 is 12.1 Å². The van der Waals surface area contributed by atoms with E-state index in [4.69, 9.17) is 26.2 Å². The van der Waals surface area contributed by atoms with Crippen molar-refractivity contribution >= 4 is 23.5 Å². The summed E-state index contributed by atoms with van der Waals surface area (Å²) in [7, 11) is 0. The third-order valence-corrected chi connectivity index (χ3v) is 7.18. The van der Waals surface area contributed by atoms with Gasteiger partial charge in [-0.15, -0.1) is 0 Å². The highest BCUT2D eigenvalue weighted by Crippen LogP contribution is 2.41. The fraction of sp³-hybridized carbons (Fsp3) is 0.310. The number of carbonyl (C=O) groups excluding carboxylic acids is 1. The predicted octanol–water partition coefficient (Wildman–Crippen LogP) is 6.50. The molecule has 206 valence electrons. The van der Waals surface area contributed by atoms with Crippen LogP contribution in [0.15, 0.2) is 78.9 Å². The van der Waals surface area contributed by atoms with E-state index in [9.17, 15) is 18.0 Å². The predicted molar refractivity (Wildman–Crippen MR) is 141 cm³/mol. The fourth-order valence-corrected chi connectivity index (χ4v) is 4.90. The van der Waals surface area contributed by atoms with E-state index in [-0.39, 0.29) is 11.3 Å².